The summed E-state index contributed by atoms with van der Waals surface area (Å²) in [4.78, 5) is 15.9. The number of aromatic nitrogens is 1. The van der Waals surface area contributed by atoms with Gasteiger partial charge >= 0.3 is 0 Å². The van der Waals surface area contributed by atoms with Crippen LogP contribution < -0.4 is 5.32 Å². The van der Waals surface area contributed by atoms with E-state index >= 15 is 0 Å². The number of nitrogens with one attached hydrogen (secondary N) is 1. The van der Waals surface area contributed by atoms with Crippen molar-refractivity contribution < 1.29 is 14.6 Å². The maximum absolute atomic E-state index is 11.8. The van der Waals surface area contributed by atoms with E-state index in [1.807, 2.05) is 0 Å². The van der Waals surface area contributed by atoms with Crippen LogP contribution in [0.3, 0.4) is 0 Å². The lowest BCUT2D eigenvalue weighted by Gasteiger charge is -2.07. The van der Waals surface area contributed by atoms with Gasteiger partial charge in [-0.3, -0.25) is 4.79 Å². The molecule has 0 bridgehead atoms. The first-order chi connectivity index (χ1) is 10.1. The molecule has 0 aliphatic rings. The minimum Gasteiger partial charge on any atom is -0.395 e. The van der Waals surface area contributed by atoms with Crippen LogP contribution in [0.15, 0.2) is 18.3 Å². The summed E-state index contributed by atoms with van der Waals surface area (Å²) in [6.07, 6.45) is 1.98. The van der Waals surface area contributed by atoms with Crippen LogP contribution in [0.25, 0.3) is 0 Å². The number of hydrogen-bond acceptors (Lipinski definition) is 4. The molecule has 5 heteroatoms. The molecular weight excluding hydrogens is 268 g/mol. The lowest BCUT2D eigenvalue weighted by Crippen LogP contribution is -2.28. The molecule has 1 aromatic heterocycles. The molecular formula is C16H22N2O3. The SMILES string of the molecule is CC(C)COCCNC(=O)c1ccc(C#CCCO)cn1. The fraction of sp³-hybridized carbons (Fsp3) is 0.500. The van der Waals surface area contributed by atoms with Gasteiger partial charge in [0.15, 0.2) is 0 Å². The summed E-state index contributed by atoms with van der Waals surface area (Å²) >= 11 is 0. The number of rotatable bonds is 7. The standard InChI is InChI=1S/C16H22N2O3/c1-13(2)12-21-10-8-17-16(20)15-7-6-14(11-18-15)5-3-4-9-19/h6-7,11,13,19H,4,8-10,12H2,1-2H3,(H,17,20). The van der Waals surface area contributed by atoms with Crippen molar-refractivity contribution in [2.24, 2.45) is 5.92 Å². The zero-order chi connectivity index (χ0) is 15.5. The minimum atomic E-state index is -0.224. The van der Waals surface area contributed by atoms with E-state index in [1.54, 1.807) is 18.3 Å². The van der Waals surface area contributed by atoms with Gasteiger partial charge in [-0.15, -0.1) is 0 Å². The molecule has 0 spiro atoms. The Morgan fingerprint density at radius 2 is 2.29 bits per heavy atom. The third-order valence-corrected chi connectivity index (χ3v) is 2.45. The molecule has 2 N–H and O–H groups in total. The number of ether oxygens (including phenoxy) is 1. The van der Waals surface area contributed by atoms with Crippen LogP contribution in [0.5, 0.6) is 0 Å². The topological polar surface area (TPSA) is 71.5 Å². The molecule has 0 atom stereocenters. The van der Waals surface area contributed by atoms with Gasteiger partial charge in [0.2, 0.25) is 0 Å². The molecule has 1 aromatic rings. The predicted octanol–water partition coefficient (Wildman–Crippen LogP) is 1.22. The van der Waals surface area contributed by atoms with Crippen LogP contribution in [0.4, 0.5) is 0 Å². The van der Waals surface area contributed by atoms with Crippen molar-refractivity contribution in [3.8, 4) is 11.8 Å². The summed E-state index contributed by atoms with van der Waals surface area (Å²) in [5.41, 5.74) is 1.08. The van der Waals surface area contributed by atoms with Gasteiger partial charge in [0, 0.05) is 31.3 Å². The number of pyridine rings is 1. The third-order valence-electron chi connectivity index (χ3n) is 2.45. The molecule has 0 saturated heterocycles. The minimum absolute atomic E-state index is 0.0415. The first-order valence-corrected chi connectivity index (χ1v) is 7.05. The van der Waals surface area contributed by atoms with Gasteiger partial charge in [0.1, 0.15) is 5.69 Å². The highest BCUT2D eigenvalue weighted by Crippen LogP contribution is 1.99. The average molecular weight is 290 g/mol. The fourth-order valence-electron chi connectivity index (χ4n) is 1.47. The van der Waals surface area contributed by atoms with E-state index in [0.717, 1.165) is 5.56 Å². The molecule has 0 fully saturated rings. The number of carbonyl (C=O) groups is 1. The van der Waals surface area contributed by atoms with Crippen LogP contribution >= 0.6 is 0 Å². The second kappa shape index (κ2) is 9.92. The highest BCUT2D eigenvalue weighted by Gasteiger charge is 2.05. The maximum atomic E-state index is 11.8. The highest BCUT2D eigenvalue weighted by atomic mass is 16.5. The fourth-order valence-corrected chi connectivity index (χ4v) is 1.47. The molecule has 1 heterocycles. The number of nitrogens with zero attached hydrogens (tertiary/aromatic N) is 1. The number of carbonyl (C=O) groups excluding carboxylic acids is 1. The molecule has 5 nitrogen and oxygen atoms in total. The lowest BCUT2D eigenvalue weighted by atomic mass is 10.2. The summed E-state index contributed by atoms with van der Waals surface area (Å²) in [7, 11) is 0. The molecule has 21 heavy (non-hydrogen) atoms. The van der Waals surface area contributed by atoms with Gasteiger partial charge in [-0.1, -0.05) is 25.7 Å². The van der Waals surface area contributed by atoms with E-state index in [1.165, 1.54) is 0 Å². The number of aliphatic hydroxyl groups is 1. The van der Waals surface area contributed by atoms with Gasteiger partial charge in [0.05, 0.1) is 13.2 Å². The maximum Gasteiger partial charge on any atom is 0.269 e. The summed E-state index contributed by atoms with van der Waals surface area (Å²) in [6.45, 7) is 5.84. The zero-order valence-corrected chi connectivity index (χ0v) is 12.6. The van der Waals surface area contributed by atoms with Crippen molar-refractivity contribution in [3.05, 3.63) is 29.6 Å². The summed E-state index contributed by atoms with van der Waals surface area (Å²) < 4.78 is 5.38. The van der Waals surface area contributed by atoms with E-state index in [0.29, 0.717) is 37.8 Å². The Hall–Kier alpha value is -1.90. The Bertz CT molecular complexity index is 486. The highest BCUT2D eigenvalue weighted by molar-refractivity contribution is 5.92. The second-order valence-corrected chi connectivity index (χ2v) is 4.93. The molecule has 0 aromatic carbocycles. The monoisotopic (exact) mass is 290 g/mol. The molecule has 0 aliphatic heterocycles. The predicted molar refractivity (Wildman–Crippen MR) is 80.8 cm³/mol. The largest absolute Gasteiger partial charge is 0.395 e. The lowest BCUT2D eigenvalue weighted by molar-refractivity contribution is 0.0882. The van der Waals surface area contributed by atoms with Gasteiger partial charge in [0.25, 0.3) is 5.91 Å². The van der Waals surface area contributed by atoms with E-state index in [9.17, 15) is 4.79 Å². The van der Waals surface area contributed by atoms with Crippen molar-refractivity contribution in [2.45, 2.75) is 20.3 Å². The van der Waals surface area contributed by atoms with E-state index in [4.69, 9.17) is 9.84 Å². The second-order valence-electron chi connectivity index (χ2n) is 4.93. The Labute approximate surface area is 125 Å². The van der Waals surface area contributed by atoms with Gasteiger partial charge in [-0.25, -0.2) is 4.98 Å². The molecule has 1 rings (SSSR count). The van der Waals surface area contributed by atoms with Crippen LogP contribution in [0, 0.1) is 17.8 Å². The van der Waals surface area contributed by atoms with Gasteiger partial charge in [-0.05, 0) is 18.1 Å². The molecule has 1 amide bonds. The van der Waals surface area contributed by atoms with Crippen molar-refractivity contribution in [2.75, 3.05) is 26.4 Å². The number of aliphatic hydroxyl groups excluding tert-OH is 1. The molecule has 114 valence electrons. The van der Waals surface area contributed by atoms with Crippen LogP contribution in [-0.4, -0.2) is 42.4 Å². The molecule has 0 unspecified atom stereocenters. The molecule has 0 radical (unpaired) electrons. The molecule has 0 aliphatic carbocycles. The Morgan fingerprint density at radius 1 is 1.48 bits per heavy atom. The van der Waals surface area contributed by atoms with Crippen molar-refractivity contribution in [1.82, 2.24) is 10.3 Å². The summed E-state index contributed by atoms with van der Waals surface area (Å²) in [6, 6.07) is 3.37. The molecule has 0 saturated carbocycles. The van der Waals surface area contributed by atoms with Crippen LogP contribution in [0.2, 0.25) is 0 Å². The van der Waals surface area contributed by atoms with Crippen molar-refractivity contribution in [1.29, 1.82) is 0 Å². The Balaban J connectivity index is 2.36. The number of amides is 1. The average Bonchev–Trinajstić information content (AvgIpc) is 2.47. The number of hydrogen-bond donors (Lipinski definition) is 2. The normalized spacial score (nSPS) is 10.1. The first kappa shape index (κ1) is 17.2. The third kappa shape index (κ3) is 7.45. The van der Waals surface area contributed by atoms with Crippen molar-refractivity contribution in [3.63, 3.8) is 0 Å². The Morgan fingerprint density at radius 3 is 2.90 bits per heavy atom. The van der Waals surface area contributed by atoms with Gasteiger partial charge in [-0.2, -0.15) is 0 Å². The first-order valence-electron chi connectivity index (χ1n) is 7.05. The quantitative estimate of drug-likeness (QED) is 0.585. The smallest absolute Gasteiger partial charge is 0.269 e. The van der Waals surface area contributed by atoms with Gasteiger partial charge < -0.3 is 15.2 Å². The van der Waals surface area contributed by atoms with Crippen LogP contribution in [-0.2, 0) is 4.74 Å². The van der Waals surface area contributed by atoms with Crippen LogP contribution in [0.1, 0.15) is 36.3 Å². The van der Waals surface area contributed by atoms with Crippen molar-refractivity contribution >= 4 is 5.91 Å². The van der Waals surface area contributed by atoms with E-state index < -0.39 is 0 Å². The summed E-state index contributed by atoms with van der Waals surface area (Å²) in [5.74, 6) is 5.92. The van der Waals surface area contributed by atoms with E-state index in [2.05, 4.69) is 36.0 Å². The summed E-state index contributed by atoms with van der Waals surface area (Å²) in [5, 5.41) is 11.4. The zero-order valence-electron chi connectivity index (χ0n) is 12.6. The van der Waals surface area contributed by atoms with E-state index in [-0.39, 0.29) is 12.5 Å². The Kier molecular flexibility index (Phi) is 8.10.